The van der Waals surface area contributed by atoms with Crippen LogP contribution in [0.25, 0.3) is 0 Å². The second kappa shape index (κ2) is 8.53. The first-order chi connectivity index (χ1) is 13.4. The van der Waals surface area contributed by atoms with Gasteiger partial charge in [-0.15, -0.1) is 0 Å². The lowest BCUT2D eigenvalue weighted by molar-refractivity contribution is -0.118. The van der Waals surface area contributed by atoms with Crippen LogP contribution in [0.5, 0.6) is 0 Å². The highest BCUT2D eigenvalue weighted by molar-refractivity contribution is 7.89. The maximum atomic E-state index is 12.6. The van der Waals surface area contributed by atoms with E-state index in [-0.39, 0.29) is 29.7 Å². The quantitative estimate of drug-likeness (QED) is 0.776. The van der Waals surface area contributed by atoms with Gasteiger partial charge in [-0.05, 0) is 48.7 Å². The van der Waals surface area contributed by atoms with Gasteiger partial charge in [0.15, 0.2) is 0 Å². The van der Waals surface area contributed by atoms with Crippen molar-refractivity contribution in [3.63, 3.8) is 0 Å². The Morgan fingerprint density at radius 1 is 1.07 bits per heavy atom. The van der Waals surface area contributed by atoms with Crippen LogP contribution >= 0.6 is 0 Å². The number of hydrogen-bond acceptors (Lipinski definition) is 4. The van der Waals surface area contributed by atoms with E-state index in [1.807, 2.05) is 24.3 Å². The third-order valence-electron chi connectivity index (χ3n) is 4.53. The van der Waals surface area contributed by atoms with Gasteiger partial charge in [0.1, 0.15) is 0 Å². The summed E-state index contributed by atoms with van der Waals surface area (Å²) in [6, 6.07) is 13.7. The average molecular weight is 401 g/mol. The fourth-order valence-corrected chi connectivity index (χ4v) is 4.26. The molecule has 7 nitrogen and oxygen atoms in total. The number of aryl methyl sites for hydroxylation is 1. The molecule has 28 heavy (non-hydrogen) atoms. The molecular weight excluding hydrogens is 378 g/mol. The first kappa shape index (κ1) is 20.0. The van der Waals surface area contributed by atoms with Gasteiger partial charge in [-0.3, -0.25) is 9.59 Å². The van der Waals surface area contributed by atoms with Gasteiger partial charge in [0.25, 0.3) is 0 Å². The van der Waals surface area contributed by atoms with Gasteiger partial charge in [-0.25, -0.2) is 13.1 Å². The van der Waals surface area contributed by atoms with Gasteiger partial charge < -0.3 is 10.2 Å². The third kappa shape index (κ3) is 4.76. The van der Waals surface area contributed by atoms with E-state index in [0.717, 1.165) is 24.1 Å². The molecule has 0 spiro atoms. The van der Waals surface area contributed by atoms with Crippen LogP contribution in [-0.4, -0.2) is 33.3 Å². The Hall–Kier alpha value is -2.71. The van der Waals surface area contributed by atoms with E-state index in [1.165, 1.54) is 31.2 Å². The highest BCUT2D eigenvalue weighted by Crippen LogP contribution is 2.27. The van der Waals surface area contributed by atoms with Gasteiger partial charge in [0, 0.05) is 37.8 Å². The second-order valence-electron chi connectivity index (χ2n) is 6.63. The molecule has 2 N–H and O–H groups in total. The van der Waals surface area contributed by atoms with Gasteiger partial charge in [-0.2, -0.15) is 0 Å². The molecule has 2 aromatic carbocycles. The van der Waals surface area contributed by atoms with Crippen molar-refractivity contribution in [3.05, 3.63) is 54.1 Å². The average Bonchev–Trinajstić information content (AvgIpc) is 2.67. The number of rotatable bonds is 6. The molecule has 0 aromatic heterocycles. The Kier molecular flexibility index (Phi) is 6.11. The topological polar surface area (TPSA) is 95.6 Å². The summed E-state index contributed by atoms with van der Waals surface area (Å²) in [5.74, 6) is -0.331. The van der Waals surface area contributed by atoms with Crippen LogP contribution in [0.4, 0.5) is 11.4 Å². The van der Waals surface area contributed by atoms with E-state index in [2.05, 4.69) is 10.0 Å². The predicted molar refractivity (Wildman–Crippen MR) is 108 cm³/mol. The molecule has 1 heterocycles. The molecule has 148 valence electrons. The lowest BCUT2D eigenvalue weighted by Gasteiger charge is -2.29. The number of sulfonamides is 1. The Balaban J connectivity index is 1.58. The highest BCUT2D eigenvalue weighted by Gasteiger charge is 2.22. The number of fused-ring (bicyclic) bond motifs is 1. The van der Waals surface area contributed by atoms with Crippen LogP contribution in [0.3, 0.4) is 0 Å². The fourth-order valence-electron chi connectivity index (χ4n) is 3.22. The lowest BCUT2D eigenvalue weighted by Crippen LogP contribution is -2.37. The van der Waals surface area contributed by atoms with Gasteiger partial charge in [0.05, 0.1) is 4.90 Å². The number of para-hydroxylation sites is 1. The first-order valence-corrected chi connectivity index (χ1v) is 10.6. The van der Waals surface area contributed by atoms with E-state index in [1.54, 1.807) is 4.90 Å². The molecule has 2 amide bonds. The zero-order valence-corrected chi connectivity index (χ0v) is 16.5. The molecule has 0 bridgehead atoms. The van der Waals surface area contributed by atoms with Crippen molar-refractivity contribution in [1.82, 2.24) is 4.72 Å². The number of amides is 2. The summed E-state index contributed by atoms with van der Waals surface area (Å²) < 4.78 is 27.3. The summed E-state index contributed by atoms with van der Waals surface area (Å²) >= 11 is 0. The van der Waals surface area contributed by atoms with Crippen molar-refractivity contribution in [1.29, 1.82) is 0 Å². The molecule has 0 unspecified atom stereocenters. The van der Waals surface area contributed by atoms with Crippen LogP contribution in [0.2, 0.25) is 0 Å². The molecule has 0 aliphatic carbocycles. The van der Waals surface area contributed by atoms with E-state index in [0.29, 0.717) is 12.2 Å². The first-order valence-electron chi connectivity index (χ1n) is 9.12. The van der Waals surface area contributed by atoms with E-state index in [4.69, 9.17) is 0 Å². The molecule has 3 rings (SSSR count). The highest BCUT2D eigenvalue weighted by atomic mass is 32.2. The summed E-state index contributed by atoms with van der Waals surface area (Å²) in [4.78, 5) is 25.4. The molecule has 0 saturated carbocycles. The van der Waals surface area contributed by atoms with Gasteiger partial charge in [-0.1, -0.05) is 18.2 Å². The van der Waals surface area contributed by atoms with E-state index in [9.17, 15) is 18.0 Å². The summed E-state index contributed by atoms with van der Waals surface area (Å²) in [5.41, 5.74) is 2.57. The fraction of sp³-hybridized carbons (Fsp3) is 0.300. The van der Waals surface area contributed by atoms with Crippen molar-refractivity contribution in [2.75, 3.05) is 23.3 Å². The Bertz CT molecular complexity index is 971. The van der Waals surface area contributed by atoms with Crippen LogP contribution in [0.1, 0.15) is 25.3 Å². The number of nitrogens with zero attached hydrogens (tertiary/aromatic N) is 1. The van der Waals surface area contributed by atoms with Crippen molar-refractivity contribution >= 4 is 33.2 Å². The van der Waals surface area contributed by atoms with Crippen LogP contribution in [-0.2, 0) is 26.0 Å². The van der Waals surface area contributed by atoms with Crippen molar-refractivity contribution < 1.29 is 18.0 Å². The number of hydrogen-bond donors (Lipinski definition) is 2. The standard InChI is InChI=1S/C20H23N3O4S/c1-15(24)22-17-8-10-18(11-9-17)28(26,27)21-13-12-20(25)23-14-4-6-16-5-2-3-7-19(16)23/h2-3,5,7-11,21H,4,6,12-14H2,1H3,(H,22,24). The Morgan fingerprint density at radius 3 is 2.50 bits per heavy atom. The number of benzene rings is 2. The summed E-state index contributed by atoms with van der Waals surface area (Å²) in [7, 11) is -3.73. The minimum absolute atomic E-state index is 0.0211. The molecule has 0 saturated heterocycles. The summed E-state index contributed by atoms with van der Waals surface area (Å²) in [5, 5.41) is 2.58. The summed E-state index contributed by atoms with van der Waals surface area (Å²) in [6.45, 7) is 2.05. The summed E-state index contributed by atoms with van der Waals surface area (Å²) in [6.07, 6.45) is 1.92. The predicted octanol–water partition coefficient (Wildman–Crippen LogP) is 2.29. The minimum atomic E-state index is -3.73. The lowest BCUT2D eigenvalue weighted by atomic mass is 10.0. The molecule has 1 aliphatic heterocycles. The Morgan fingerprint density at radius 2 is 1.79 bits per heavy atom. The molecule has 0 fully saturated rings. The zero-order chi connectivity index (χ0) is 20.1. The van der Waals surface area contributed by atoms with Crippen LogP contribution in [0.15, 0.2) is 53.4 Å². The normalized spacial score (nSPS) is 13.7. The van der Waals surface area contributed by atoms with Crippen molar-refractivity contribution in [2.24, 2.45) is 0 Å². The minimum Gasteiger partial charge on any atom is -0.326 e. The Labute approximate surface area is 164 Å². The van der Waals surface area contributed by atoms with E-state index >= 15 is 0 Å². The molecule has 8 heteroatoms. The number of carbonyl (C=O) groups is 2. The monoisotopic (exact) mass is 401 g/mol. The maximum Gasteiger partial charge on any atom is 0.240 e. The largest absolute Gasteiger partial charge is 0.326 e. The van der Waals surface area contributed by atoms with Crippen LogP contribution < -0.4 is 14.9 Å². The second-order valence-corrected chi connectivity index (χ2v) is 8.40. The molecule has 1 aliphatic rings. The van der Waals surface area contributed by atoms with Gasteiger partial charge >= 0.3 is 0 Å². The number of nitrogens with one attached hydrogen (secondary N) is 2. The smallest absolute Gasteiger partial charge is 0.240 e. The maximum absolute atomic E-state index is 12.6. The molecular formula is C20H23N3O4S. The molecule has 0 atom stereocenters. The van der Waals surface area contributed by atoms with Crippen molar-refractivity contribution in [2.45, 2.75) is 31.1 Å². The zero-order valence-electron chi connectivity index (χ0n) is 15.6. The SMILES string of the molecule is CC(=O)Nc1ccc(S(=O)(=O)NCCC(=O)N2CCCc3ccccc32)cc1. The number of anilines is 2. The van der Waals surface area contributed by atoms with Gasteiger partial charge in [0.2, 0.25) is 21.8 Å². The molecule has 2 aromatic rings. The third-order valence-corrected chi connectivity index (χ3v) is 6.00. The molecule has 0 radical (unpaired) electrons. The van der Waals surface area contributed by atoms with Crippen LogP contribution in [0, 0.1) is 0 Å². The van der Waals surface area contributed by atoms with E-state index < -0.39 is 10.0 Å². The van der Waals surface area contributed by atoms with Crippen molar-refractivity contribution in [3.8, 4) is 0 Å². The number of carbonyl (C=O) groups excluding carboxylic acids is 2.